The number of ether oxygens (including phenoxy) is 1. The van der Waals surface area contributed by atoms with E-state index in [1.165, 1.54) is 12.1 Å². The second-order valence-corrected chi connectivity index (χ2v) is 9.94. The summed E-state index contributed by atoms with van der Waals surface area (Å²) in [6, 6.07) is 12.3. The summed E-state index contributed by atoms with van der Waals surface area (Å²) in [6.45, 7) is 12.0. The van der Waals surface area contributed by atoms with Crippen molar-refractivity contribution in [2.24, 2.45) is 5.41 Å². The Morgan fingerprint density at radius 2 is 1.72 bits per heavy atom. The zero-order valence-electron chi connectivity index (χ0n) is 19.9. The minimum Gasteiger partial charge on any atom is -0.384 e. The number of anilines is 1. The molecule has 0 aliphatic heterocycles. The number of carbonyl (C=O) groups excluding carboxylic acids is 1. The Bertz CT molecular complexity index is 1170. The minimum atomic E-state index is -0.562. The molecule has 0 aliphatic rings. The number of hydrogen-bond acceptors (Lipinski definition) is 3. The van der Waals surface area contributed by atoms with Crippen LogP contribution in [0.2, 0.25) is 0 Å². The van der Waals surface area contributed by atoms with E-state index in [1.807, 2.05) is 32.9 Å². The lowest BCUT2D eigenvalue weighted by Gasteiger charge is -2.26. The number of aromatic nitrogens is 1. The lowest BCUT2D eigenvalue weighted by Crippen LogP contribution is -2.28. The van der Waals surface area contributed by atoms with E-state index < -0.39 is 5.41 Å². The summed E-state index contributed by atoms with van der Waals surface area (Å²) in [4.78, 5) is 12.7. The third-order valence-corrected chi connectivity index (χ3v) is 5.56. The average molecular weight is 438 g/mol. The Balaban J connectivity index is 2.31. The van der Waals surface area contributed by atoms with Crippen LogP contribution in [-0.4, -0.2) is 29.9 Å². The first-order valence-corrected chi connectivity index (χ1v) is 10.7. The normalized spacial score (nSPS) is 12.2. The topological polar surface area (TPSA) is 67.1 Å². The molecule has 0 bridgehead atoms. The SMILES string of the molecule is COCC(C)(C)c1cc2cc(NC(=O)C(C)(C)C)c(C(C)=N)cc2n1-c1ccc(F)cc1. The maximum atomic E-state index is 13.6. The summed E-state index contributed by atoms with van der Waals surface area (Å²) in [6.07, 6.45) is 0. The molecule has 2 N–H and O–H groups in total. The van der Waals surface area contributed by atoms with Crippen LogP contribution in [0.3, 0.4) is 0 Å². The maximum absolute atomic E-state index is 13.6. The Labute approximate surface area is 189 Å². The van der Waals surface area contributed by atoms with Crippen LogP contribution in [-0.2, 0) is 14.9 Å². The number of hydrogen-bond donors (Lipinski definition) is 2. The van der Waals surface area contributed by atoms with Crippen molar-refractivity contribution in [3.63, 3.8) is 0 Å². The van der Waals surface area contributed by atoms with Gasteiger partial charge in [-0.2, -0.15) is 0 Å². The molecule has 0 spiro atoms. The Morgan fingerprint density at radius 1 is 1.09 bits per heavy atom. The van der Waals surface area contributed by atoms with Crippen LogP contribution >= 0.6 is 0 Å². The van der Waals surface area contributed by atoms with E-state index in [-0.39, 0.29) is 17.1 Å². The number of benzene rings is 2. The summed E-state index contributed by atoms with van der Waals surface area (Å²) < 4.78 is 21.2. The average Bonchev–Trinajstić information content (AvgIpc) is 3.06. The van der Waals surface area contributed by atoms with Gasteiger partial charge in [-0.3, -0.25) is 4.79 Å². The number of amides is 1. The van der Waals surface area contributed by atoms with Crippen LogP contribution in [0.1, 0.15) is 52.8 Å². The van der Waals surface area contributed by atoms with Gasteiger partial charge in [0, 0.05) is 46.0 Å². The lowest BCUT2D eigenvalue weighted by molar-refractivity contribution is -0.123. The van der Waals surface area contributed by atoms with Crippen molar-refractivity contribution in [2.75, 3.05) is 19.0 Å². The molecule has 0 aliphatic carbocycles. The standard InChI is InChI=1S/C26H32FN3O2/c1-16(28)20-14-22-17(12-21(20)29-24(31)25(2,3)4)13-23(26(5,6)15-32-7)30(22)19-10-8-18(27)9-11-19/h8-14,28H,15H2,1-7H3,(H,29,31). The molecule has 170 valence electrons. The molecule has 32 heavy (non-hydrogen) atoms. The van der Waals surface area contributed by atoms with Gasteiger partial charge in [-0.1, -0.05) is 34.6 Å². The van der Waals surface area contributed by atoms with Crippen molar-refractivity contribution < 1.29 is 13.9 Å². The number of carbonyl (C=O) groups is 1. The molecule has 0 fully saturated rings. The molecule has 5 nitrogen and oxygen atoms in total. The van der Waals surface area contributed by atoms with Gasteiger partial charge < -0.3 is 20.0 Å². The van der Waals surface area contributed by atoms with Gasteiger partial charge >= 0.3 is 0 Å². The molecule has 3 rings (SSSR count). The first-order chi connectivity index (χ1) is 14.8. The van der Waals surface area contributed by atoms with Crippen molar-refractivity contribution in [3.05, 3.63) is 59.5 Å². The molecule has 1 heterocycles. The zero-order chi connectivity index (χ0) is 23.8. The van der Waals surface area contributed by atoms with E-state index in [1.54, 1.807) is 26.2 Å². The number of nitrogens with zero attached hydrogens (tertiary/aromatic N) is 1. The Kier molecular flexibility index (Phi) is 6.29. The summed E-state index contributed by atoms with van der Waals surface area (Å²) in [7, 11) is 1.67. The summed E-state index contributed by atoms with van der Waals surface area (Å²) in [5.41, 5.74) is 3.40. The van der Waals surface area contributed by atoms with Gasteiger partial charge in [-0.15, -0.1) is 0 Å². The van der Waals surface area contributed by atoms with Crippen molar-refractivity contribution in [1.29, 1.82) is 5.41 Å². The van der Waals surface area contributed by atoms with Crippen molar-refractivity contribution >= 4 is 28.2 Å². The highest BCUT2D eigenvalue weighted by atomic mass is 19.1. The summed E-state index contributed by atoms with van der Waals surface area (Å²) >= 11 is 0. The highest BCUT2D eigenvalue weighted by Gasteiger charge is 2.28. The smallest absolute Gasteiger partial charge is 0.229 e. The molecule has 0 radical (unpaired) electrons. The van der Waals surface area contributed by atoms with Gasteiger partial charge in [0.2, 0.25) is 5.91 Å². The zero-order valence-corrected chi connectivity index (χ0v) is 19.9. The van der Waals surface area contributed by atoms with Gasteiger partial charge in [-0.05, 0) is 49.4 Å². The van der Waals surface area contributed by atoms with Crippen molar-refractivity contribution in [2.45, 2.75) is 47.0 Å². The van der Waals surface area contributed by atoms with E-state index >= 15 is 0 Å². The van der Waals surface area contributed by atoms with Crippen molar-refractivity contribution in [3.8, 4) is 5.69 Å². The molecule has 0 saturated carbocycles. The highest BCUT2D eigenvalue weighted by Crippen LogP contribution is 2.36. The maximum Gasteiger partial charge on any atom is 0.229 e. The van der Waals surface area contributed by atoms with E-state index in [2.05, 4.69) is 29.8 Å². The van der Waals surface area contributed by atoms with Gasteiger partial charge in [0.15, 0.2) is 0 Å². The fraction of sp³-hybridized carbons (Fsp3) is 0.385. The molecule has 0 atom stereocenters. The molecule has 1 aromatic heterocycles. The van der Waals surface area contributed by atoms with Crippen LogP contribution < -0.4 is 5.32 Å². The first kappa shape index (κ1) is 23.7. The predicted molar refractivity (Wildman–Crippen MR) is 129 cm³/mol. The fourth-order valence-electron chi connectivity index (χ4n) is 3.78. The van der Waals surface area contributed by atoms with E-state index in [0.717, 1.165) is 22.3 Å². The number of fused-ring (bicyclic) bond motifs is 1. The molecule has 3 aromatic rings. The predicted octanol–water partition coefficient (Wildman–Crippen LogP) is 6.07. The molecular weight excluding hydrogens is 405 g/mol. The van der Waals surface area contributed by atoms with Crippen LogP contribution in [0.5, 0.6) is 0 Å². The van der Waals surface area contributed by atoms with E-state index in [4.69, 9.17) is 10.1 Å². The van der Waals surface area contributed by atoms with E-state index in [9.17, 15) is 9.18 Å². The van der Waals surface area contributed by atoms with E-state index in [0.29, 0.717) is 23.6 Å². The monoisotopic (exact) mass is 437 g/mol. The van der Waals surface area contributed by atoms with Crippen LogP contribution in [0.15, 0.2) is 42.5 Å². The molecule has 0 saturated heterocycles. The molecular formula is C26H32FN3O2. The quantitative estimate of drug-likeness (QED) is 0.460. The van der Waals surface area contributed by atoms with Crippen LogP contribution in [0, 0.1) is 16.6 Å². The Morgan fingerprint density at radius 3 is 2.25 bits per heavy atom. The highest BCUT2D eigenvalue weighted by molar-refractivity contribution is 6.09. The van der Waals surface area contributed by atoms with Crippen LogP contribution in [0.25, 0.3) is 16.6 Å². The number of rotatable bonds is 6. The number of nitrogens with one attached hydrogen (secondary N) is 2. The fourth-order valence-corrected chi connectivity index (χ4v) is 3.78. The molecule has 6 heteroatoms. The van der Waals surface area contributed by atoms with Gasteiger partial charge in [0.05, 0.1) is 17.8 Å². The summed E-state index contributed by atoms with van der Waals surface area (Å²) in [5, 5.41) is 12.2. The second kappa shape index (κ2) is 8.51. The number of methoxy groups -OCH3 is 1. The third-order valence-electron chi connectivity index (χ3n) is 5.56. The first-order valence-electron chi connectivity index (χ1n) is 10.7. The lowest BCUT2D eigenvalue weighted by atomic mass is 9.90. The number of halogens is 1. The molecule has 1 amide bonds. The van der Waals surface area contributed by atoms with Gasteiger partial charge in [-0.25, -0.2) is 4.39 Å². The summed E-state index contributed by atoms with van der Waals surface area (Å²) in [5.74, 6) is -0.414. The second-order valence-electron chi connectivity index (χ2n) is 9.94. The van der Waals surface area contributed by atoms with Crippen LogP contribution in [0.4, 0.5) is 10.1 Å². The third kappa shape index (κ3) is 4.60. The van der Waals surface area contributed by atoms with Gasteiger partial charge in [0.25, 0.3) is 0 Å². The Hall–Kier alpha value is -2.99. The largest absolute Gasteiger partial charge is 0.384 e. The molecule has 2 aromatic carbocycles. The molecule has 0 unspecified atom stereocenters. The van der Waals surface area contributed by atoms with Crippen molar-refractivity contribution in [1.82, 2.24) is 4.57 Å². The minimum absolute atomic E-state index is 0.114. The van der Waals surface area contributed by atoms with Gasteiger partial charge in [0.1, 0.15) is 5.82 Å².